The average molecular weight is 1950 g/mol. The first-order chi connectivity index (χ1) is 66.8. The van der Waals surface area contributed by atoms with E-state index in [4.69, 9.17) is 123 Å². The molecule has 0 amide bonds. The van der Waals surface area contributed by atoms with Gasteiger partial charge in [-0.3, -0.25) is 62.3 Å². The van der Waals surface area contributed by atoms with Gasteiger partial charge in [-0.05, 0) is 167 Å². The fourth-order valence-electron chi connectivity index (χ4n) is 17.9. The second-order valence-electron chi connectivity index (χ2n) is 39.1. The Morgan fingerprint density at radius 3 is 0.474 bits per heavy atom. The summed E-state index contributed by atoms with van der Waals surface area (Å²) in [5.41, 5.74) is 0. The van der Waals surface area contributed by atoms with Crippen molar-refractivity contribution >= 4 is 77.6 Å². The van der Waals surface area contributed by atoms with E-state index in [2.05, 4.69) is 0 Å². The van der Waals surface area contributed by atoms with Crippen molar-refractivity contribution in [2.45, 2.75) is 291 Å². The molecular formula is C98H144O39. The standard InChI is InChI=1S/C27H42O9.C26H36O12.C24H36O9.C21H30O9/c28-25(31-12-4-1-7-20-16-34-20)19-10-11-23(26(29)32-13-5-2-8-21-17-35-21)24(15-19)27(30)33-14-6-3-9-22-18-36-22;27-23(31-5-1-15-11-35-15)19-9-21(25(29)33-7-3-17-13-37-17)22(26(30)34-8-4-18-14-38-18)10-20(19)24(28)32-6-2-16-12-36-16;25-22(28-9-1-4-17-13-31-17)16-7-8-20(23(26)29-10-2-5-18-14-32-18)21(12-16)24(27)30-11-3-6-19-15-33-19;22-19(25-6-3-14-10-28-14)13-1-2-17(20(23)26-7-4-15-11-29-15)18(9-13)21(24)27-8-5-16-12-30-16/h19-24H,1-18H2;15-22H,1-14H2;16-21H,1-15H2;13-18H,1-12H2. The van der Waals surface area contributed by atoms with E-state index in [1.54, 1.807) is 0 Å². The Balaban J connectivity index is 0.000000146. The van der Waals surface area contributed by atoms with Gasteiger partial charge < -0.3 is 123 Å². The molecule has 13 aliphatic heterocycles. The summed E-state index contributed by atoms with van der Waals surface area (Å²) in [5.74, 6) is -14.6. The average Bonchev–Trinajstić information content (AvgIpc) is 1.75. The quantitative estimate of drug-likeness (QED) is 0.0253. The highest BCUT2D eigenvalue weighted by molar-refractivity contribution is 5.89. The monoisotopic (exact) mass is 1940 g/mol. The Morgan fingerprint density at radius 1 is 0.146 bits per heavy atom. The molecule has 0 aromatic heterocycles. The van der Waals surface area contributed by atoms with Crippen LogP contribution < -0.4 is 0 Å². The van der Waals surface area contributed by atoms with Crippen molar-refractivity contribution in [1.29, 1.82) is 0 Å². The van der Waals surface area contributed by atoms with Gasteiger partial charge in [-0.15, -0.1) is 0 Å². The minimum absolute atomic E-state index is 0.0749. The van der Waals surface area contributed by atoms with E-state index in [0.717, 1.165) is 143 Å². The van der Waals surface area contributed by atoms with Gasteiger partial charge >= 0.3 is 77.6 Å². The molecule has 26 atom stereocenters. The van der Waals surface area contributed by atoms with Crippen molar-refractivity contribution in [3.63, 3.8) is 0 Å². The number of hydrogen-bond donors (Lipinski definition) is 0. The van der Waals surface area contributed by atoms with Crippen LogP contribution in [-0.2, 0) is 185 Å². The van der Waals surface area contributed by atoms with Gasteiger partial charge in [-0.2, -0.15) is 0 Å². The summed E-state index contributed by atoms with van der Waals surface area (Å²) >= 11 is 0. The van der Waals surface area contributed by atoms with E-state index >= 15 is 0 Å². The summed E-state index contributed by atoms with van der Waals surface area (Å²) in [4.78, 5) is 167. The fourth-order valence-corrected chi connectivity index (χ4v) is 17.9. The highest BCUT2D eigenvalue weighted by Gasteiger charge is 2.53. The van der Waals surface area contributed by atoms with Gasteiger partial charge in [-0.25, -0.2) is 0 Å². The maximum absolute atomic E-state index is 13.1. The Hall–Kier alpha value is -7.41. The van der Waals surface area contributed by atoms with Crippen LogP contribution in [0.3, 0.4) is 0 Å². The van der Waals surface area contributed by atoms with Gasteiger partial charge in [0.05, 0.1) is 328 Å². The Labute approximate surface area is 799 Å². The third-order valence-electron chi connectivity index (χ3n) is 27.8. The molecule has 17 aliphatic rings. The van der Waals surface area contributed by atoms with Crippen LogP contribution in [0.25, 0.3) is 0 Å². The number of esters is 13. The minimum Gasteiger partial charge on any atom is -0.465 e. The maximum atomic E-state index is 13.1. The molecular weight excluding hydrogens is 1800 g/mol. The lowest BCUT2D eigenvalue weighted by molar-refractivity contribution is -0.175. The lowest BCUT2D eigenvalue weighted by Gasteiger charge is -2.37. The molecule has 39 nitrogen and oxygen atoms in total. The zero-order chi connectivity index (χ0) is 95.6. The van der Waals surface area contributed by atoms with Crippen molar-refractivity contribution < 1.29 is 185 Å². The van der Waals surface area contributed by atoms with Crippen LogP contribution in [0.5, 0.6) is 0 Å². The molecule has 0 N–H and O–H groups in total. The van der Waals surface area contributed by atoms with Crippen LogP contribution in [0.4, 0.5) is 0 Å². The predicted molar refractivity (Wildman–Crippen MR) is 467 cm³/mol. The second-order valence-corrected chi connectivity index (χ2v) is 39.1. The lowest BCUT2D eigenvalue weighted by Crippen LogP contribution is -2.47. The van der Waals surface area contributed by atoms with Crippen molar-refractivity contribution in [2.24, 2.45) is 76.9 Å². The summed E-state index contributed by atoms with van der Waals surface area (Å²) in [5, 5.41) is 0. The molecule has 4 saturated carbocycles. The van der Waals surface area contributed by atoms with Crippen LogP contribution in [-0.4, -0.2) is 329 Å². The maximum Gasteiger partial charge on any atom is 0.309 e. The van der Waals surface area contributed by atoms with E-state index in [1.165, 1.54) is 0 Å². The molecule has 0 spiro atoms. The van der Waals surface area contributed by atoms with Crippen molar-refractivity contribution in [3.8, 4) is 0 Å². The van der Waals surface area contributed by atoms with Crippen molar-refractivity contribution in [1.82, 2.24) is 0 Å². The van der Waals surface area contributed by atoms with E-state index in [0.29, 0.717) is 193 Å². The highest BCUT2D eigenvalue weighted by atomic mass is 16.6. The zero-order valence-electron chi connectivity index (χ0n) is 79.2. The molecule has 770 valence electrons. The summed E-state index contributed by atoms with van der Waals surface area (Å²) in [6, 6.07) is 0. The third kappa shape index (κ3) is 40.5. The smallest absolute Gasteiger partial charge is 0.309 e. The van der Waals surface area contributed by atoms with E-state index in [9.17, 15) is 62.3 Å². The second kappa shape index (κ2) is 55.3. The largest absolute Gasteiger partial charge is 0.465 e. The van der Waals surface area contributed by atoms with Gasteiger partial charge in [0, 0.05) is 44.9 Å². The summed E-state index contributed by atoms with van der Waals surface area (Å²) in [6.45, 7) is 12.9. The molecule has 0 aromatic rings. The van der Waals surface area contributed by atoms with Crippen LogP contribution in [0.15, 0.2) is 0 Å². The van der Waals surface area contributed by atoms with Gasteiger partial charge in [0.1, 0.15) is 0 Å². The first-order valence-electron chi connectivity index (χ1n) is 50.9. The summed E-state index contributed by atoms with van der Waals surface area (Å²) in [7, 11) is 0. The molecule has 0 aromatic carbocycles. The zero-order valence-corrected chi connectivity index (χ0v) is 79.2. The SMILES string of the molecule is O=C(OCCC1CO1)C1CC(C(=O)OCCC2CO2)C(C(=O)OCCC2CO2)CC1C(=O)OCCC1CO1.O=C(OCCC1CO1)C1CCC(C(=O)OCCC2CO2)C(C(=O)OCCC2CO2)C1.O=C(OCCCC1CO1)C1CCC(C(=O)OCCCC2CO2)C(C(=O)OCCCC2CO2)C1.O=C(OCCCCC1CO1)C1CCC(C(=O)OCCCCC2CO2)C(C(=O)OCCCCC2CO2)C1. The number of hydrogen-bond acceptors (Lipinski definition) is 39. The van der Waals surface area contributed by atoms with Crippen LogP contribution in [0.1, 0.15) is 212 Å². The van der Waals surface area contributed by atoms with Gasteiger partial charge in [0.15, 0.2) is 0 Å². The number of epoxide rings is 13. The lowest BCUT2D eigenvalue weighted by atomic mass is 9.68. The molecule has 26 unspecified atom stereocenters. The molecule has 39 heteroatoms. The first-order valence-corrected chi connectivity index (χ1v) is 50.9. The van der Waals surface area contributed by atoms with E-state index in [1.807, 2.05) is 0 Å². The summed E-state index contributed by atoms with van der Waals surface area (Å²) < 4.78 is 138. The molecule has 137 heavy (non-hydrogen) atoms. The fraction of sp³-hybridized carbons (Fsp3) is 0.867. The molecule has 17 rings (SSSR count). The normalized spacial score (nSPS) is 32.7. The summed E-state index contributed by atoms with van der Waals surface area (Å²) in [6.07, 6.45) is 23.4. The Kier molecular flexibility index (Phi) is 42.5. The number of ether oxygens (including phenoxy) is 26. The number of carbonyl (C=O) groups is 13. The molecule has 17 fully saturated rings. The first kappa shape index (κ1) is 105. The number of rotatable bonds is 61. The Bertz CT molecular complexity index is 3690. The molecule has 13 saturated heterocycles. The third-order valence-corrected chi connectivity index (χ3v) is 27.8. The van der Waals surface area contributed by atoms with Crippen molar-refractivity contribution in [3.05, 3.63) is 0 Å². The van der Waals surface area contributed by atoms with Crippen LogP contribution >= 0.6 is 0 Å². The van der Waals surface area contributed by atoms with Crippen LogP contribution in [0.2, 0.25) is 0 Å². The van der Waals surface area contributed by atoms with Crippen molar-refractivity contribution in [2.75, 3.05) is 172 Å². The van der Waals surface area contributed by atoms with E-state index in [-0.39, 0.29) is 157 Å². The van der Waals surface area contributed by atoms with Gasteiger partial charge in [0.25, 0.3) is 0 Å². The molecule has 13 heterocycles. The van der Waals surface area contributed by atoms with E-state index < -0.39 is 125 Å². The Morgan fingerprint density at radius 2 is 0.285 bits per heavy atom. The molecule has 0 bridgehead atoms. The van der Waals surface area contributed by atoms with Crippen LogP contribution in [0, 0.1) is 76.9 Å². The topological polar surface area (TPSA) is 505 Å². The number of unbranched alkanes of at least 4 members (excludes halogenated alkanes) is 3. The van der Waals surface area contributed by atoms with Gasteiger partial charge in [-0.1, -0.05) is 0 Å². The minimum atomic E-state index is -0.951. The molecule has 0 radical (unpaired) electrons. The van der Waals surface area contributed by atoms with Gasteiger partial charge in [0.2, 0.25) is 0 Å². The highest BCUT2D eigenvalue weighted by Crippen LogP contribution is 2.44. The molecule has 4 aliphatic carbocycles. The predicted octanol–water partition coefficient (Wildman–Crippen LogP) is 7.13. The number of carbonyl (C=O) groups excluding carboxylic acids is 13.